The van der Waals surface area contributed by atoms with E-state index in [1.54, 1.807) is 21.3 Å². The molecule has 0 amide bonds. The van der Waals surface area contributed by atoms with E-state index in [2.05, 4.69) is 16.7 Å². The maximum atomic E-state index is 10.0. The van der Waals surface area contributed by atoms with Crippen LogP contribution in [0.5, 0.6) is 17.2 Å². The second kappa shape index (κ2) is 11.3. The minimum Gasteiger partial charge on any atom is -0.495 e. The van der Waals surface area contributed by atoms with E-state index < -0.39 is 0 Å². The molecule has 204 valence electrons. The topological polar surface area (TPSA) is 84.9 Å². The minimum atomic E-state index is -0.226. The molecule has 0 saturated carbocycles. The number of aliphatic hydroxyl groups excluding tert-OH is 2. The van der Waals surface area contributed by atoms with Gasteiger partial charge in [0.05, 0.1) is 51.2 Å². The SMILES string of the molecule is COc1cc(-c2cc3cc(CO)c(CO)c(OC)c3c(C)[n+]2C)cc(-c2ccc(-c3ccccc3)nc2)c1OC. The number of aliphatic hydroxyl groups is 2. The number of benzene rings is 3. The van der Waals surface area contributed by atoms with Gasteiger partial charge in [0.2, 0.25) is 5.69 Å². The van der Waals surface area contributed by atoms with E-state index in [1.807, 2.05) is 74.8 Å². The van der Waals surface area contributed by atoms with Crippen molar-refractivity contribution in [2.45, 2.75) is 20.1 Å². The molecule has 2 aromatic heterocycles. The van der Waals surface area contributed by atoms with Gasteiger partial charge in [-0.25, -0.2) is 0 Å². The molecule has 0 aliphatic carbocycles. The van der Waals surface area contributed by atoms with Crippen molar-refractivity contribution in [2.24, 2.45) is 7.05 Å². The maximum absolute atomic E-state index is 10.0. The lowest BCUT2D eigenvalue weighted by Crippen LogP contribution is -2.35. The van der Waals surface area contributed by atoms with Crippen LogP contribution in [0.3, 0.4) is 0 Å². The van der Waals surface area contributed by atoms with Crippen LogP contribution in [0.1, 0.15) is 16.8 Å². The van der Waals surface area contributed by atoms with Crippen LogP contribution in [-0.4, -0.2) is 36.5 Å². The van der Waals surface area contributed by atoms with Crippen molar-refractivity contribution in [1.82, 2.24) is 4.98 Å². The molecule has 5 rings (SSSR count). The zero-order valence-electron chi connectivity index (χ0n) is 23.4. The number of pyridine rings is 2. The van der Waals surface area contributed by atoms with E-state index in [9.17, 15) is 10.2 Å². The number of aryl methyl sites for hydroxylation is 1. The largest absolute Gasteiger partial charge is 0.495 e. The Morgan fingerprint density at radius 1 is 0.775 bits per heavy atom. The molecule has 7 heteroatoms. The summed E-state index contributed by atoms with van der Waals surface area (Å²) in [6.07, 6.45) is 1.85. The maximum Gasteiger partial charge on any atom is 0.213 e. The fourth-order valence-electron chi connectivity index (χ4n) is 5.33. The normalized spacial score (nSPS) is 11.1. The Hall–Kier alpha value is -4.46. The Kier molecular flexibility index (Phi) is 7.69. The zero-order chi connectivity index (χ0) is 28.4. The summed E-state index contributed by atoms with van der Waals surface area (Å²) < 4.78 is 19.4. The van der Waals surface area contributed by atoms with Crippen molar-refractivity contribution in [2.75, 3.05) is 21.3 Å². The van der Waals surface area contributed by atoms with Crippen molar-refractivity contribution in [3.05, 3.63) is 89.7 Å². The first kappa shape index (κ1) is 27.1. The molecule has 7 nitrogen and oxygen atoms in total. The molecule has 0 saturated heterocycles. The third kappa shape index (κ3) is 4.63. The predicted molar refractivity (Wildman–Crippen MR) is 155 cm³/mol. The van der Waals surface area contributed by atoms with Crippen LogP contribution in [0.15, 0.2) is 72.9 Å². The second-order valence-electron chi connectivity index (χ2n) is 9.56. The molecule has 0 fully saturated rings. The molecule has 40 heavy (non-hydrogen) atoms. The summed E-state index contributed by atoms with van der Waals surface area (Å²) in [7, 11) is 6.84. The first-order valence-corrected chi connectivity index (χ1v) is 13.0. The van der Waals surface area contributed by atoms with E-state index in [1.165, 1.54) is 0 Å². The van der Waals surface area contributed by atoms with Gasteiger partial charge in [0, 0.05) is 41.4 Å². The van der Waals surface area contributed by atoms with Crippen LogP contribution in [0.4, 0.5) is 0 Å². The average Bonchev–Trinajstić information content (AvgIpc) is 3.01. The molecule has 0 radical (unpaired) electrons. The predicted octanol–water partition coefficient (Wildman–Crippen LogP) is 5.38. The van der Waals surface area contributed by atoms with E-state index in [0.29, 0.717) is 28.4 Å². The van der Waals surface area contributed by atoms with Crippen molar-refractivity contribution >= 4 is 10.8 Å². The van der Waals surface area contributed by atoms with Crippen LogP contribution in [0, 0.1) is 6.92 Å². The van der Waals surface area contributed by atoms with Gasteiger partial charge in [-0.05, 0) is 35.2 Å². The second-order valence-corrected chi connectivity index (χ2v) is 9.56. The summed E-state index contributed by atoms with van der Waals surface area (Å²) in [6, 6.07) is 22.1. The summed E-state index contributed by atoms with van der Waals surface area (Å²) in [5, 5.41) is 21.8. The lowest BCUT2D eigenvalue weighted by Gasteiger charge is -2.17. The van der Waals surface area contributed by atoms with Gasteiger partial charge in [-0.15, -0.1) is 0 Å². The monoisotopic (exact) mass is 537 g/mol. The number of ether oxygens (including phenoxy) is 3. The first-order chi connectivity index (χ1) is 19.4. The minimum absolute atomic E-state index is 0.204. The Morgan fingerprint density at radius 2 is 1.52 bits per heavy atom. The smallest absolute Gasteiger partial charge is 0.213 e. The number of hydrogen-bond acceptors (Lipinski definition) is 6. The highest BCUT2D eigenvalue weighted by Crippen LogP contribution is 2.43. The lowest BCUT2D eigenvalue weighted by atomic mass is 9.95. The summed E-state index contributed by atoms with van der Waals surface area (Å²) in [5.41, 5.74) is 7.71. The standard InChI is InChI=1S/C33H33N2O5/c1-20-31-24(13-25(18-36)27(19-37)33(31)40-5)15-29(35(20)2)23-14-26(32(39-4)30(16-23)38-3)22-11-12-28(34-17-22)21-9-7-6-8-10-21/h6-17,36-37H,18-19H2,1-5H3/q+1. The quantitative estimate of drug-likeness (QED) is 0.259. The third-order valence-corrected chi connectivity index (χ3v) is 7.48. The molecule has 0 spiro atoms. The van der Waals surface area contributed by atoms with Gasteiger partial charge >= 0.3 is 0 Å². The van der Waals surface area contributed by atoms with Crippen LogP contribution in [-0.2, 0) is 20.3 Å². The van der Waals surface area contributed by atoms with Gasteiger partial charge in [0.1, 0.15) is 12.8 Å². The van der Waals surface area contributed by atoms with Gasteiger partial charge in [0.25, 0.3) is 0 Å². The van der Waals surface area contributed by atoms with Crippen molar-refractivity contribution < 1.29 is 29.0 Å². The number of nitrogens with zero attached hydrogens (tertiary/aromatic N) is 2. The Labute approximate surface area is 233 Å². The van der Waals surface area contributed by atoms with E-state index in [0.717, 1.165) is 50.1 Å². The van der Waals surface area contributed by atoms with E-state index >= 15 is 0 Å². The molecule has 2 heterocycles. The zero-order valence-corrected chi connectivity index (χ0v) is 23.4. The van der Waals surface area contributed by atoms with Crippen molar-refractivity contribution in [3.8, 4) is 50.9 Å². The summed E-state index contributed by atoms with van der Waals surface area (Å²) in [6.45, 7) is 1.59. The highest BCUT2D eigenvalue weighted by Gasteiger charge is 2.25. The fourth-order valence-corrected chi connectivity index (χ4v) is 5.33. The number of aromatic nitrogens is 2. The molecule has 0 aliphatic rings. The van der Waals surface area contributed by atoms with E-state index in [-0.39, 0.29) is 13.2 Å². The van der Waals surface area contributed by atoms with Crippen LogP contribution in [0.25, 0.3) is 44.4 Å². The number of methoxy groups -OCH3 is 3. The van der Waals surface area contributed by atoms with Crippen LogP contribution in [0.2, 0.25) is 0 Å². The molecule has 5 aromatic rings. The van der Waals surface area contributed by atoms with Crippen molar-refractivity contribution in [3.63, 3.8) is 0 Å². The molecular weight excluding hydrogens is 504 g/mol. The van der Waals surface area contributed by atoms with Crippen LogP contribution >= 0.6 is 0 Å². The fraction of sp³-hybridized carbons (Fsp3) is 0.212. The highest BCUT2D eigenvalue weighted by molar-refractivity contribution is 5.94. The molecule has 2 N–H and O–H groups in total. The summed E-state index contributed by atoms with van der Waals surface area (Å²) in [4.78, 5) is 4.73. The number of hydrogen-bond donors (Lipinski definition) is 2. The van der Waals surface area contributed by atoms with Gasteiger partial charge < -0.3 is 24.4 Å². The molecular formula is C33H33N2O5+. The van der Waals surface area contributed by atoms with Gasteiger partial charge in [-0.3, -0.25) is 4.98 Å². The summed E-state index contributed by atoms with van der Waals surface area (Å²) >= 11 is 0. The molecule has 0 atom stereocenters. The molecule has 0 unspecified atom stereocenters. The van der Waals surface area contributed by atoms with E-state index in [4.69, 9.17) is 19.2 Å². The van der Waals surface area contributed by atoms with Gasteiger partial charge in [0.15, 0.2) is 17.2 Å². The molecule has 0 aliphatic heterocycles. The number of rotatable bonds is 8. The first-order valence-electron chi connectivity index (χ1n) is 13.0. The van der Waals surface area contributed by atoms with Gasteiger partial charge in [-0.1, -0.05) is 36.4 Å². The van der Waals surface area contributed by atoms with Crippen LogP contribution < -0.4 is 18.8 Å². The Bertz CT molecular complexity index is 1680. The summed E-state index contributed by atoms with van der Waals surface area (Å²) in [5.74, 6) is 1.79. The van der Waals surface area contributed by atoms with Crippen molar-refractivity contribution in [1.29, 1.82) is 0 Å². The average molecular weight is 538 g/mol. The Morgan fingerprint density at radius 3 is 2.12 bits per heavy atom. The lowest BCUT2D eigenvalue weighted by molar-refractivity contribution is -0.665. The molecule has 3 aromatic carbocycles. The highest BCUT2D eigenvalue weighted by atomic mass is 16.5. The van der Waals surface area contributed by atoms with Gasteiger partial charge in [-0.2, -0.15) is 4.57 Å². The Balaban J connectivity index is 1.72. The molecule has 0 bridgehead atoms. The third-order valence-electron chi connectivity index (χ3n) is 7.48. The number of fused-ring (bicyclic) bond motifs is 1.